The third kappa shape index (κ3) is 3.37. The zero-order valence-electron chi connectivity index (χ0n) is 13.2. The number of fused-ring (bicyclic) bond motifs is 1. The highest BCUT2D eigenvalue weighted by Gasteiger charge is 2.12. The van der Waals surface area contributed by atoms with Crippen molar-refractivity contribution in [3.05, 3.63) is 65.6 Å². The number of carbonyl (C=O) groups excluding carboxylic acids is 1. The number of aromatic nitrogens is 2. The number of benzene rings is 1. The number of rotatable bonds is 5. The van der Waals surface area contributed by atoms with Gasteiger partial charge in [0.05, 0.1) is 12.1 Å². The molecule has 0 spiro atoms. The van der Waals surface area contributed by atoms with Crippen LogP contribution in [0.4, 0.5) is 0 Å². The maximum Gasteiger partial charge on any atom is 0.185 e. The molecule has 1 aromatic carbocycles. The third-order valence-corrected chi connectivity index (χ3v) is 3.64. The number of Topliss-reactive ketones (excluding diaryl/α,β-unsaturated/α-hetero) is 1. The lowest BCUT2D eigenvalue weighted by Crippen LogP contribution is -2.07. The normalized spacial score (nSPS) is 10.7. The van der Waals surface area contributed by atoms with Crippen LogP contribution in [-0.4, -0.2) is 22.4 Å². The zero-order valence-corrected chi connectivity index (χ0v) is 13.2. The van der Waals surface area contributed by atoms with Crippen LogP contribution >= 0.6 is 0 Å². The topological polar surface area (TPSA) is 52.1 Å². The average Bonchev–Trinajstić information content (AvgIpc) is 2.55. The molecule has 0 atom stereocenters. The van der Waals surface area contributed by atoms with Crippen LogP contribution in [0.5, 0.6) is 5.75 Å². The molecule has 0 aliphatic heterocycles. The summed E-state index contributed by atoms with van der Waals surface area (Å²) in [5, 5.41) is 0.944. The number of aryl methyl sites for hydroxylation is 1. The Bertz CT molecular complexity index is 859. The van der Waals surface area contributed by atoms with E-state index >= 15 is 0 Å². The molecule has 0 unspecified atom stereocenters. The van der Waals surface area contributed by atoms with Gasteiger partial charge in [0, 0.05) is 23.7 Å². The van der Waals surface area contributed by atoms with E-state index in [1.165, 1.54) is 0 Å². The Morgan fingerprint density at radius 2 is 2.04 bits per heavy atom. The minimum atomic E-state index is 0.00279. The Kier molecular flexibility index (Phi) is 4.33. The van der Waals surface area contributed by atoms with Gasteiger partial charge in [-0.25, -0.2) is 0 Å². The first kappa shape index (κ1) is 15.2. The van der Waals surface area contributed by atoms with Crippen molar-refractivity contribution in [2.24, 2.45) is 0 Å². The van der Waals surface area contributed by atoms with Gasteiger partial charge in [0.2, 0.25) is 0 Å². The highest BCUT2D eigenvalue weighted by atomic mass is 16.5. The van der Waals surface area contributed by atoms with Gasteiger partial charge in [0.25, 0.3) is 0 Å². The number of hydrogen-bond acceptors (Lipinski definition) is 4. The second-order valence-corrected chi connectivity index (χ2v) is 5.35. The average molecular weight is 306 g/mol. The summed E-state index contributed by atoms with van der Waals surface area (Å²) in [6.07, 6.45) is 2.03. The number of pyridine rings is 2. The molecular formula is C19H18N2O2. The fourth-order valence-corrected chi connectivity index (χ4v) is 2.55. The lowest BCUT2D eigenvalue weighted by molar-refractivity contribution is 0.0988. The molecule has 0 saturated heterocycles. The van der Waals surface area contributed by atoms with Crippen LogP contribution < -0.4 is 4.74 Å². The SMILES string of the molecule is CCOc1ccc2nccc(CC(=O)c3cccc(C)n3)c2c1. The summed E-state index contributed by atoms with van der Waals surface area (Å²) in [6.45, 7) is 4.43. The molecule has 0 bridgehead atoms. The maximum absolute atomic E-state index is 12.5. The predicted octanol–water partition coefficient (Wildman–Crippen LogP) is 3.76. The van der Waals surface area contributed by atoms with Crippen molar-refractivity contribution in [3.8, 4) is 5.75 Å². The Morgan fingerprint density at radius 3 is 2.83 bits per heavy atom. The van der Waals surface area contributed by atoms with E-state index in [0.717, 1.165) is 27.9 Å². The van der Waals surface area contributed by atoms with E-state index in [1.54, 1.807) is 12.3 Å². The number of ether oxygens (including phenoxy) is 1. The molecule has 116 valence electrons. The second-order valence-electron chi connectivity index (χ2n) is 5.35. The van der Waals surface area contributed by atoms with Crippen LogP contribution in [0, 0.1) is 6.92 Å². The van der Waals surface area contributed by atoms with Crippen molar-refractivity contribution in [3.63, 3.8) is 0 Å². The van der Waals surface area contributed by atoms with E-state index in [1.807, 2.05) is 50.2 Å². The predicted molar refractivity (Wildman–Crippen MR) is 89.9 cm³/mol. The Hall–Kier alpha value is -2.75. The molecule has 3 aromatic rings. The molecule has 2 heterocycles. The quantitative estimate of drug-likeness (QED) is 0.673. The van der Waals surface area contributed by atoms with Crippen LogP contribution in [0.2, 0.25) is 0 Å². The van der Waals surface area contributed by atoms with Crippen LogP contribution in [0.1, 0.15) is 28.7 Å². The third-order valence-electron chi connectivity index (χ3n) is 3.64. The van der Waals surface area contributed by atoms with Gasteiger partial charge in [-0.15, -0.1) is 0 Å². The highest BCUT2D eigenvalue weighted by molar-refractivity contribution is 5.98. The van der Waals surface area contributed by atoms with E-state index < -0.39 is 0 Å². The molecule has 0 N–H and O–H groups in total. The van der Waals surface area contributed by atoms with E-state index in [2.05, 4.69) is 9.97 Å². The number of nitrogens with zero attached hydrogens (tertiary/aromatic N) is 2. The minimum Gasteiger partial charge on any atom is -0.494 e. The van der Waals surface area contributed by atoms with E-state index in [0.29, 0.717) is 18.7 Å². The van der Waals surface area contributed by atoms with Crippen LogP contribution in [0.15, 0.2) is 48.7 Å². The summed E-state index contributed by atoms with van der Waals surface area (Å²) in [5.41, 5.74) is 3.13. The molecule has 4 heteroatoms. The van der Waals surface area contributed by atoms with Gasteiger partial charge in [-0.1, -0.05) is 6.07 Å². The highest BCUT2D eigenvalue weighted by Crippen LogP contribution is 2.23. The lowest BCUT2D eigenvalue weighted by atomic mass is 10.0. The molecule has 0 radical (unpaired) electrons. The minimum absolute atomic E-state index is 0.00279. The van der Waals surface area contributed by atoms with Crippen molar-refractivity contribution >= 4 is 16.7 Å². The number of carbonyl (C=O) groups is 1. The Balaban J connectivity index is 1.95. The zero-order chi connectivity index (χ0) is 16.2. The molecular weight excluding hydrogens is 288 g/mol. The smallest absolute Gasteiger partial charge is 0.185 e. The summed E-state index contributed by atoms with van der Waals surface area (Å²) >= 11 is 0. The molecule has 0 amide bonds. The molecule has 0 aliphatic carbocycles. The van der Waals surface area contributed by atoms with Crippen LogP contribution in [0.25, 0.3) is 10.9 Å². The first-order valence-corrected chi connectivity index (χ1v) is 7.64. The summed E-state index contributed by atoms with van der Waals surface area (Å²) in [7, 11) is 0. The second kappa shape index (κ2) is 6.57. The largest absolute Gasteiger partial charge is 0.494 e. The summed E-state index contributed by atoms with van der Waals surface area (Å²) in [5.74, 6) is 0.790. The Labute approximate surface area is 135 Å². The van der Waals surface area contributed by atoms with Gasteiger partial charge in [0.1, 0.15) is 11.4 Å². The lowest BCUT2D eigenvalue weighted by Gasteiger charge is -2.08. The number of ketones is 1. The first-order chi connectivity index (χ1) is 11.2. The molecule has 2 aromatic heterocycles. The van der Waals surface area contributed by atoms with E-state index in [-0.39, 0.29) is 5.78 Å². The van der Waals surface area contributed by atoms with Gasteiger partial charge in [0.15, 0.2) is 5.78 Å². The maximum atomic E-state index is 12.5. The van der Waals surface area contributed by atoms with Crippen molar-refractivity contribution in [1.29, 1.82) is 0 Å². The van der Waals surface area contributed by atoms with Crippen molar-refractivity contribution in [2.75, 3.05) is 6.61 Å². The molecule has 0 fully saturated rings. The summed E-state index contributed by atoms with van der Waals surface area (Å²) in [4.78, 5) is 21.2. The van der Waals surface area contributed by atoms with Gasteiger partial charge >= 0.3 is 0 Å². The van der Waals surface area contributed by atoms with Crippen molar-refractivity contribution < 1.29 is 9.53 Å². The first-order valence-electron chi connectivity index (χ1n) is 7.64. The van der Waals surface area contributed by atoms with Crippen molar-refractivity contribution in [1.82, 2.24) is 9.97 Å². The summed E-state index contributed by atoms with van der Waals surface area (Å²) in [6, 6.07) is 13.1. The Morgan fingerprint density at radius 1 is 1.17 bits per heavy atom. The molecule has 3 rings (SSSR count). The van der Waals surface area contributed by atoms with Crippen LogP contribution in [-0.2, 0) is 6.42 Å². The molecule has 0 aliphatic rings. The summed E-state index contributed by atoms with van der Waals surface area (Å²) < 4.78 is 5.55. The van der Waals surface area contributed by atoms with Crippen LogP contribution in [0.3, 0.4) is 0 Å². The monoisotopic (exact) mass is 306 g/mol. The van der Waals surface area contributed by atoms with Gasteiger partial charge in [-0.2, -0.15) is 0 Å². The van der Waals surface area contributed by atoms with E-state index in [4.69, 9.17) is 4.74 Å². The van der Waals surface area contributed by atoms with Gasteiger partial charge in [-0.3, -0.25) is 14.8 Å². The van der Waals surface area contributed by atoms with Gasteiger partial charge < -0.3 is 4.74 Å². The van der Waals surface area contributed by atoms with E-state index in [9.17, 15) is 4.79 Å². The van der Waals surface area contributed by atoms with Gasteiger partial charge in [-0.05, 0) is 55.8 Å². The molecule has 0 saturated carbocycles. The fraction of sp³-hybridized carbons (Fsp3) is 0.211. The number of hydrogen-bond donors (Lipinski definition) is 0. The standard InChI is InChI=1S/C19H18N2O2/c1-3-23-15-7-8-17-16(12-15)14(9-10-20-17)11-19(22)18-6-4-5-13(2)21-18/h4-10,12H,3,11H2,1-2H3. The fourth-order valence-electron chi connectivity index (χ4n) is 2.55. The van der Waals surface area contributed by atoms with Crippen molar-refractivity contribution in [2.45, 2.75) is 20.3 Å². The molecule has 4 nitrogen and oxygen atoms in total. The molecule has 23 heavy (non-hydrogen) atoms.